The lowest BCUT2D eigenvalue weighted by Gasteiger charge is -2.35. The molecule has 2 heterocycles. The maximum Gasteiger partial charge on any atom is 0.233 e. The summed E-state index contributed by atoms with van der Waals surface area (Å²) in [6, 6.07) is 9.93. The lowest BCUT2D eigenvalue weighted by Crippen LogP contribution is -2.48. The number of carbonyl (C=O) groups is 1. The van der Waals surface area contributed by atoms with Gasteiger partial charge in [0, 0.05) is 25.8 Å². The van der Waals surface area contributed by atoms with Crippen LogP contribution in [0.25, 0.3) is 11.4 Å². The first-order valence-electron chi connectivity index (χ1n) is 9.12. The van der Waals surface area contributed by atoms with Crippen molar-refractivity contribution in [3.05, 3.63) is 30.3 Å². The molecule has 146 valence electrons. The van der Waals surface area contributed by atoms with Crippen LogP contribution in [0.2, 0.25) is 0 Å². The largest absolute Gasteiger partial charge is 0.383 e. The van der Waals surface area contributed by atoms with Gasteiger partial charge in [0.05, 0.1) is 31.1 Å². The molecule has 8 heteroatoms. The van der Waals surface area contributed by atoms with Gasteiger partial charge in [0.1, 0.15) is 0 Å². The number of ether oxygens (including phenoxy) is 2. The van der Waals surface area contributed by atoms with E-state index in [1.54, 1.807) is 7.11 Å². The molecule has 0 aliphatic carbocycles. The Balaban J connectivity index is 1.70. The van der Waals surface area contributed by atoms with E-state index in [1.165, 1.54) is 11.8 Å². The van der Waals surface area contributed by atoms with Crippen molar-refractivity contribution in [2.75, 3.05) is 32.6 Å². The molecule has 2 unspecified atom stereocenters. The van der Waals surface area contributed by atoms with Crippen molar-refractivity contribution in [3.63, 3.8) is 0 Å². The number of carbonyl (C=O) groups excluding carboxylic acids is 1. The van der Waals surface area contributed by atoms with E-state index in [0.717, 1.165) is 16.5 Å². The minimum atomic E-state index is 0.0674. The molecule has 1 saturated heterocycles. The molecule has 0 spiro atoms. The van der Waals surface area contributed by atoms with Gasteiger partial charge in [-0.3, -0.25) is 9.36 Å². The van der Waals surface area contributed by atoms with Crippen LogP contribution in [0.5, 0.6) is 0 Å². The van der Waals surface area contributed by atoms with Crippen molar-refractivity contribution in [2.24, 2.45) is 0 Å². The number of amides is 1. The topological polar surface area (TPSA) is 69.5 Å². The quantitative estimate of drug-likeness (QED) is 0.676. The number of morpholine rings is 1. The smallest absolute Gasteiger partial charge is 0.233 e. The molecule has 0 N–H and O–H groups in total. The Bertz CT molecular complexity index is 743. The first-order valence-corrected chi connectivity index (χ1v) is 10.1. The zero-order valence-electron chi connectivity index (χ0n) is 16.0. The number of hydrogen-bond acceptors (Lipinski definition) is 6. The molecule has 0 saturated carbocycles. The highest BCUT2D eigenvalue weighted by molar-refractivity contribution is 7.99. The number of hydrogen-bond donors (Lipinski definition) is 0. The van der Waals surface area contributed by atoms with Crippen LogP contribution in [-0.2, 0) is 20.8 Å². The van der Waals surface area contributed by atoms with Crippen molar-refractivity contribution < 1.29 is 14.3 Å². The molecular weight excluding hydrogens is 364 g/mol. The number of aromatic nitrogens is 3. The summed E-state index contributed by atoms with van der Waals surface area (Å²) < 4.78 is 12.9. The van der Waals surface area contributed by atoms with E-state index in [9.17, 15) is 4.79 Å². The molecular formula is C19H26N4O3S. The van der Waals surface area contributed by atoms with E-state index in [0.29, 0.717) is 32.0 Å². The van der Waals surface area contributed by atoms with Gasteiger partial charge in [0.15, 0.2) is 11.0 Å². The fourth-order valence-corrected chi connectivity index (χ4v) is 4.05. The number of nitrogens with zero attached hydrogens (tertiary/aromatic N) is 4. The van der Waals surface area contributed by atoms with Gasteiger partial charge in [-0.1, -0.05) is 42.1 Å². The summed E-state index contributed by atoms with van der Waals surface area (Å²) in [6.07, 6.45) is 0.135. The van der Waals surface area contributed by atoms with E-state index >= 15 is 0 Å². The van der Waals surface area contributed by atoms with Crippen LogP contribution in [0.15, 0.2) is 35.5 Å². The number of benzene rings is 1. The molecule has 1 aliphatic heterocycles. The van der Waals surface area contributed by atoms with Crippen LogP contribution in [0.3, 0.4) is 0 Å². The fraction of sp³-hybridized carbons (Fsp3) is 0.526. The maximum atomic E-state index is 12.6. The average molecular weight is 391 g/mol. The minimum absolute atomic E-state index is 0.0674. The van der Waals surface area contributed by atoms with Gasteiger partial charge in [-0.05, 0) is 13.8 Å². The van der Waals surface area contributed by atoms with Gasteiger partial charge in [-0.2, -0.15) is 0 Å². The fourth-order valence-electron chi connectivity index (χ4n) is 3.18. The molecule has 1 aromatic carbocycles. The zero-order chi connectivity index (χ0) is 19.2. The van der Waals surface area contributed by atoms with Gasteiger partial charge in [-0.25, -0.2) is 0 Å². The van der Waals surface area contributed by atoms with Crippen LogP contribution in [0, 0.1) is 0 Å². The zero-order valence-corrected chi connectivity index (χ0v) is 16.8. The number of methoxy groups -OCH3 is 1. The predicted molar refractivity (Wildman–Crippen MR) is 105 cm³/mol. The summed E-state index contributed by atoms with van der Waals surface area (Å²) in [5.41, 5.74) is 0.995. The summed E-state index contributed by atoms with van der Waals surface area (Å²) >= 11 is 1.42. The van der Waals surface area contributed by atoms with E-state index in [-0.39, 0.29) is 18.1 Å². The highest BCUT2D eigenvalue weighted by Gasteiger charge is 2.26. The third-order valence-corrected chi connectivity index (χ3v) is 5.32. The highest BCUT2D eigenvalue weighted by atomic mass is 32.2. The van der Waals surface area contributed by atoms with E-state index < -0.39 is 0 Å². The summed E-state index contributed by atoms with van der Waals surface area (Å²) in [7, 11) is 1.67. The molecule has 1 aliphatic rings. The minimum Gasteiger partial charge on any atom is -0.383 e. The lowest BCUT2D eigenvalue weighted by atomic mass is 10.2. The van der Waals surface area contributed by atoms with Crippen molar-refractivity contribution in [1.29, 1.82) is 0 Å². The Hall–Kier alpha value is -1.90. The summed E-state index contributed by atoms with van der Waals surface area (Å²) in [5.74, 6) is 1.22. The monoisotopic (exact) mass is 390 g/mol. The molecule has 1 aromatic heterocycles. The first kappa shape index (κ1) is 19.9. The third-order valence-electron chi connectivity index (χ3n) is 4.36. The van der Waals surface area contributed by atoms with Gasteiger partial charge < -0.3 is 14.4 Å². The second kappa shape index (κ2) is 9.34. The summed E-state index contributed by atoms with van der Waals surface area (Å²) in [5, 5.41) is 9.39. The molecule has 1 fully saturated rings. The Morgan fingerprint density at radius 2 is 1.93 bits per heavy atom. The Kier molecular flexibility index (Phi) is 6.87. The molecule has 1 amide bonds. The van der Waals surface area contributed by atoms with Gasteiger partial charge in [-0.15, -0.1) is 10.2 Å². The van der Waals surface area contributed by atoms with Crippen molar-refractivity contribution in [2.45, 2.75) is 37.8 Å². The normalized spacial score (nSPS) is 20.0. The summed E-state index contributed by atoms with van der Waals surface area (Å²) in [4.78, 5) is 14.5. The molecule has 0 radical (unpaired) electrons. The van der Waals surface area contributed by atoms with E-state index in [1.807, 2.05) is 53.6 Å². The molecule has 2 aromatic rings. The first-order chi connectivity index (χ1) is 13.1. The van der Waals surface area contributed by atoms with Gasteiger partial charge >= 0.3 is 0 Å². The van der Waals surface area contributed by atoms with Crippen molar-refractivity contribution in [3.8, 4) is 11.4 Å². The van der Waals surface area contributed by atoms with Crippen LogP contribution >= 0.6 is 11.8 Å². The third kappa shape index (κ3) is 5.09. The molecule has 0 bridgehead atoms. The molecule has 27 heavy (non-hydrogen) atoms. The average Bonchev–Trinajstić information content (AvgIpc) is 3.07. The Labute approximate surface area is 164 Å². The maximum absolute atomic E-state index is 12.6. The summed E-state index contributed by atoms with van der Waals surface area (Å²) in [6.45, 7) is 6.45. The van der Waals surface area contributed by atoms with Crippen LogP contribution in [-0.4, -0.2) is 70.3 Å². The SMILES string of the molecule is COCCn1c(SCC(=O)N2CC(C)OC(C)C2)nnc1-c1ccccc1. The predicted octanol–water partition coefficient (Wildman–Crippen LogP) is 2.32. The van der Waals surface area contributed by atoms with Crippen LogP contribution < -0.4 is 0 Å². The number of rotatable bonds is 7. The van der Waals surface area contributed by atoms with Gasteiger partial charge in [0.2, 0.25) is 5.91 Å². The Morgan fingerprint density at radius 1 is 1.22 bits per heavy atom. The second-order valence-electron chi connectivity index (χ2n) is 6.66. The van der Waals surface area contributed by atoms with Crippen molar-refractivity contribution >= 4 is 17.7 Å². The van der Waals surface area contributed by atoms with E-state index in [2.05, 4.69) is 10.2 Å². The standard InChI is InChI=1S/C19H26N4O3S/c1-14-11-22(12-15(2)26-14)17(24)13-27-19-21-20-18(23(19)9-10-25-3)16-7-5-4-6-8-16/h4-8,14-15H,9-13H2,1-3H3. The second-order valence-corrected chi connectivity index (χ2v) is 7.60. The molecule has 7 nitrogen and oxygen atoms in total. The van der Waals surface area contributed by atoms with Crippen LogP contribution in [0.4, 0.5) is 0 Å². The van der Waals surface area contributed by atoms with Gasteiger partial charge in [0.25, 0.3) is 0 Å². The van der Waals surface area contributed by atoms with Crippen LogP contribution in [0.1, 0.15) is 13.8 Å². The number of thioether (sulfide) groups is 1. The lowest BCUT2D eigenvalue weighted by molar-refractivity contribution is -0.140. The molecule has 2 atom stereocenters. The van der Waals surface area contributed by atoms with E-state index in [4.69, 9.17) is 9.47 Å². The van der Waals surface area contributed by atoms with Crippen molar-refractivity contribution in [1.82, 2.24) is 19.7 Å². The Morgan fingerprint density at radius 3 is 2.59 bits per heavy atom. The highest BCUT2D eigenvalue weighted by Crippen LogP contribution is 2.24. The molecule has 3 rings (SSSR count).